The summed E-state index contributed by atoms with van der Waals surface area (Å²) in [6, 6.07) is 81.7. The number of fused-ring (bicyclic) bond motifs is 6. The van der Waals surface area contributed by atoms with Crippen molar-refractivity contribution in [2.24, 2.45) is 0 Å². The van der Waals surface area contributed by atoms with Crippen LogP contribution in [-0.2, 0) is 0 Å². The molecule has 0 saturated heterocycles. The first kappa shape index (κ1) is 40.2. The third kappa shape index (κ3) is 6.97. The average Bonchev–Trinajstić information content (AvgIpc) is 3.92. The first-order valence-corrected chi connectivity index (χ1v) is 22.9. The molecule has 320 valence electrons. The summed E-state index contributed by atoms with van der Waals surface area (Å²) in [6.45, 7) is 0. The van der Waals surface area contributed by atoms with E-state index in [0.717, 1.165) is 72.9 Å². The third-order valence-corrected chi connectivity index (χ3v) is 13.3. The zero-order valence-corrected chi connectivity index (χ0v) is 37.0. The zero-order chi connectivity index (χ0) is 45.6. The predicted molar refractivity (Wildman–Crippen MR) is 280 cm³/mol. The molecule has 0 amide bonds. The van der Waals surface area contributed by atoms with Crippen LogP contribution < -0.4 is 9.80 Å². The molecule has 0 radical (unpaired) electrons. The molecule has 0 saturated carbocycles. The molecule has 68 heavy (non-hydrogen) atoms. The summed E-state index contributed by atoms with van der Waals surface area (Å²) in [5.74, 6) is 0. The Morgan fingerprint density at radius 3 is 1.38 bits per heavy atom. The van der Waals surface area contributed by atoms with Crippen LogP contribution in [0.2, 0.25) is 0 Å². The summed E-state index contributed by atoms with van der Waals surface area (Å²) in [5.41, 5.74) is 15.5. The summed E-state index contributed by atoms with van der Waals surface area (Å²) in [5, 5.41) is 24.1. The van der Waals surface area contributed by atoms with Gasteiger partial charge in [-0.3, -0.25) is 0 Å². The molecule has 2 heterocycles. The van der Waals surface area contributed by atoms with Crippen molar-refractivity contribution < 1.29 is 0 Å². The Labute approximate surface area is 394 Å². The SMILES string of the molecule is N#CC1=CCC(N(c2ccc(-c3ccc(N(c4ccc(C#N)cc4)c4ccc5c(c4)c4ccccc4n5-c4ccccc4)cc3)cc2)c2ccc3c(c2)c2ccccc2n3-c2ccccc2)C=C1. The van der Waals surface area contributed by atoms with E-state index in [1.54, 1.807) is 0 Å². The molecule has 0 spiro atoms. The van der Waals surface area contributed by atoms with Gasteiger partial charge >= 0.3 is 0 Å². The Kier molecular flexibility index (Phi) is 9.98. The van der Waals surface area contributed by atoms with Gasteiger partial charge in [0.15, 0.2) is 0 Å². The molecule has 0 N–H and O–H groups in total. The van der Waals surface area contributed by atoms with Crippen LogP contribution in [0, 0.1) is 22.7 Å². The molecule has 1 aliphatic rings. The number of rotatable bonds is 9. The standard InChI is InChI=1S/C62H42N6/c63-41-43-19-27-49(28-20-43)65(53-35-37-61-57(39-53)55-15-7-9-17-59(55)67(61)47-11-3-1-4-12-47)51-31-23-45(24-32-51)46-25-33-52(34-26-46)66(50-29-21-44(42-64)22-30-50)54-36-38-62-58(40-54)56-16-8-10-18-60(56)68(62)48-13-5-2-6-14-48/h1-29,31-40,50H,30H2. The van der Waals surface area contributed by atoms with Gasteiger partial charge in [0.2, 0.25) is 0 Å². The van der Waals surface area contributed by atoms with E-state index in [1.807, 2.05) is 36.4 Å². The molecule has 0 bridgehead atoms. The monoisotopic (exact) mass is 870 g/mol. The fourth-order valence-electron chi connectivity index (χ4n) is 10.1. The predicted octanol–water partition coefficient (Wildman–Crippen LogP) is 15.8. The van der Waals surface area contributed by atoms with Gasteiger partial charge in [-0.2, -0.15) is 10.5 Å². The van der Waals surface area contributed by atoms with Crippen LogP contribution in [0.25, 0.3) is 66.1 Å². The number of hydrogen-bond donors (Lipinski definition) is 0. The van der Waals surface area contributed by atoms with Crippen molar-refractivity contribution in [2.45, 2.75) is 12.5 Å². The molecule has 0 fully saturated rings. The molecule has 6 nitrogen and oxygen atoms in total. The maximum Gasteiger partial charge on any atom is 0.0991 e. The van der Waals surface area contributed by atoms with Crippen molar-refractivity contribution >= 4 is 72.0 Å². The average molecular weight is 871 g/mol. The van der Waals surface area contributed by atoms with Gasteiger partial charge < -0.3 is 18.9 Å². The number of benzene rings is 9. The molecule has 1 atom stereocenters. The summed E-state index contributed by atoms with van der Waals surface area (Å²) in [7, 11) is 0. The molecule has 1 unspecified atom stereocenters. The number of anilines is 5. The second-order valence-corrected chi connectivity index (χ2v) is 17.2. The minimum atomic E-state index is 0.0134. The molecule has 0 aliphatic heterocycles. The maximum absolute atomic E-state index is 9.70. The highest BCUT2D eigenvalue weighted by Crippen LogP contribution is 2.42. The van der Waals surface area contributed by atoms with E-state index in [9.17, 15) is 10.5 Å². The van der Waals surface area contributed by atoms with Gasteiger partial charge in [-0.1, -0.05) is 109 Å². The molecule has 12 rings (SSSR count). The molecule has 6 heteroatoms. The van der Waals surface area contributed by atoms with Gasteiger partial charge in [0.1, 0.15) is 0 Å². The Bertz CT molecular complexity index is 3830. The van der Waals surface area contributed by atoms with E-state index in [2.05, 4.69) is 231 Å². The van der Waals surface area contributed by atoms with Crippen LogP contribution >= 0.6 is 0 Å². The van der Waals surface area contributed by atoms with Gasteiger partial charge in [-0.25, -0.2) is 0 Å². The first-order chi connectivity index (χ1) is 33.6. The minimum Gasteiger partial charge on any atom is -0.334 e. The van der Waals surface area contributed by atoms with Gasteiger partial charge in [0.05, 0.1) is 45.8 Å². The Morgan fingerprint density at radius 2 is 0.868 bits per heavy atom. The minimum absolute atomic E-state index is 0.0134. The highest BCUT2D eigenvalue weighted by molar-refractivity contribution is 6.11. The van der Waals surface area contributed by atoms with Gasteiger partial charge in [0.25, 0.3) is 0 Å². The number of allylic oxidation sites excluding steroid dienone is 2. The van der Waals surface area contributed by atoms with Crippen molar-refractivity contribution in [1.29, 1.82) is 10.5 Å². The number of para-hydroxylation sites is 4. The topological polar surface area (TPSA) is 63.9 Å². The number of nitriles is 2. The van der Waals surface area contributed by atoms with Gasteiger partial charge in [-0.05, 0) is 145 Å². The van der Waals surface area contributed by atoms with E-state index in [1.165, 1.54) is 21.7 Å². The van der Waals surface area contributed by atoms with Crippen molar-refractivity contribution in [2.75, 3.05) is 9.80 Å². The van der Waals surface area contributed by atoms with Crippen LogP contribution in [0.15, 0.2) is 242 Å². The molecule has 11 aromatic rings. The Hall–Kier alpha value is -9.36. The largest absolute Gasteiger partial charge is 0.334 e. The summed E-state index contributed by atoms with van der Waals surface area (Å²) in [6.07, 6.45) is 6.85. The van der Waals surface area contributed by atoms with Gasteiger partial charge in [-0.15, -0.1) is 0 Å². The van der Waals surface area contributed by atoms with Gasteiger partial charge in [0, 0.05) is 66.9 Å². The molecule has 9 aromatic carbocycles. The first-order valence-electron chi connectivity index (χ1n) is 22.9. The highest BCUT2D eigenvalue weighted by atomic mass is 15.2. The molecular formula is C62H42N6. The lowest BCUT2D eigenvalue weighted by atomic mass is 9.99. The Morgan fingerprint density at radius 1 is 0.412 bits per heavy atom. The third-order valence-electron chi connectivity index (χ3n) is 13.3. The van der Waals surface area contributed by atoms with E-state index in [0.29, 0.717) is 17.6 Å². The fraction of sp³-hybridized carbons (Fsp3) is 0.0323. The Balaban J connectivity index is 0.909. The van der Waals surface area contributed by atoms with Crippen LogP contribution in [0.5, 0.6) is 0 Å². The van der Waals surface area contributed by atoms with Crippen LogP contribution in [-0.4, -0.2) is 15.2 Å². The van der Waals surface area contributed by atoms with Crippen molar-refractivity contribution in [3.63, 3.8) is 0 Å². The second-order valence-electron chi connectivity index (χ2n) is 17.2. The van der Waals surface area contributed by atoms with Crippen LogP contribution in [0.3, 0.4) is 0 Å². The maximum atomic E-state index is 9.70. The van der Waals surface area contributed by atoms with E-state index in [-0.39, 0.29) is 6.04 Å². The summed E-state index contributed by atoms with van der Waals surface area (Å²) >= 11 is 0. The highest BCUT2D eigenvalue weighted by Gasteiger charge is 2.23. The molecular weight excluding hydrogens is 829 g/mol. The molecule has 1 aliphatic carbocycles. The van der Waals surface area contributed by atoms with E-state index < -0.39 is 0 Å². The lowest BCUT2D eigenvalue weighted by Crippen LogP contribution is -2.30. The van der Waals surface area contributed by atoms with Crippen molar-refractivity contribution in [1.82, 2.24) is 9.13 Å². The number of hydrogen-bond acceptors (Lipinski definition) is 4. The summed E-state index contributed by atoms with van der Waals surface area (Å²) in [4.78, 5) is 4.66. The lowest BCUT2D eigenvalue weighted by molar-refractivity contribution is 0.782. The van der Waals surface area contributed by atoms with Crippen LogP contribution in [0.1, 0.15) is 12.0 Å². The van der Waals surface area contributed by atoms with E-state index in [4.69, 9.17) is 0 Å². The number of nitrogens with zero attached hydrogens (tertiary/aromatic N) is 6. The second kappa shape index (κ2) is 16.9. The van der Waals surface area contributed by atoms with E-state index >= 15 is 0 Å². The van der Waals surface area contributed by atoms with Crippen LogP contribution in [0.4, 0.5) is 28.4 Å². The quantitative estimate of drug-likeness (QED) is 0.145. The smallest absolute Gasteiger partial charge is 0.0991 e. The van der Waals surface area contributed by atoms with Crippen molar-refractivity contribution in [3.05, 3.63) is 248 Å². The fourth-order valence-corrected chi connectivity index (χ4v) is 10.1. The molecule has 2 aromatic heterocycles. The normalized spacial score (nSPS) is 13.4. The summed E-state index contributed by atoms with van der Waals surface area (Å²) < 4.78 is 4.67. The van der Waals surface area contributed by atoms with Crippen molar-refractivity contribution in [3.8, 4) is 34.6 Å². The zero-order valence-electron chi connectivity index (χ0n) is 37.0. The lowest BCUT2D eigenvalue weighted by Gasteiger charge is -2.33. The number of aromatic nitrogens is 2.